The van der Waals surface area contributed by atoms with Crippen LogP contribution in [0.15, 0.2) is 12.4 Å². The van der Waals surface area contributed by atoms with E-state index in [4.69, 9.17) is 6.42 Å². The lowest BCUT2D eigenvalue weighted by Crippen LogP contribution is -2.46. The average Bonchev–Trinajstić information content (AvgIpc) is 2.47. The molecule has 0 unspecified atom stereocenters. The molecule has 108 valence electrons. The predicted octanol–water partition coefficient (Wildman–Crippen LogP) is 1.36. The van der Waals surface area contributed by atoms with E-state index >= 15 is 0 Å². The number of aromatic nitrogens is 2. The van der Waals surface area contributed by atoms with Crippen LogP contribution in [-0.4, -0.2) is 59.0 Å². The van der Waals surface area contributed by atoms with Crippen LogP contribution < -0.4 is 0 Å². The molecule has 2 heterocycles. The van der Waals surface area contributed by atoms with Crippen LogP contribution in [0, 0.1) is 19.3 Å². The molecule has 1 aliphatic heterocycles. The summed E-state index contributed by atoms with van der Waals surface area (Å²) in [4.78, 5) is 13.6. The number of piperazine rings is 1. The first-order valence-corrected chi connectivity index (χ1v) is 7.43. The Hall–Kier alpha value is -1.44. The van der Waals surface area contributed by atoms with Gasteiger partial charge in [-0.1, -0.05) is 5.92 Å². The van der Waals surface area contributed by atoms with E-state index in [0.717, 1.165) is 57.0 Å². The smallest absolute Gasteiger partial charge is 0.128 e. The molecule has 0 aliphatic carbocycles. The molecule has 0 bridgehead atoms. The Morgan fingerprint density at radius 3 is 2.40 bits per heavy atom. The van der Waals surface area contributed by atoms with Crippen molar-refractivity contribution in [3.63, 3.8) is 0 Å². The third-order valence-corrected chi connectivity index (χ3v) is 3.74. The van der Waals surface area contributed by atoms with Gasteiger partial charge in [-0.3, -0.25) is 4.90 Å². The number of unbranched alkanes of at least 4 members (excludes halogenated alkanes) is 1. The minimum absolute atomic E-state index is 0.790. The Balaban J connectivity index is 1.58. The van der Waals surface area contributed by atoms with E-state index < -0.39 is 0 Å². The molecule has 4 nitrogen and oxygen atoms in total. The Bertz CT molecular complexity index is 427. The molecular weight excluding hydrogens is 248 g/mol. The first kappa shape index (κ1) is 15.0. The van der Waals surface area contributed by atoms with Crippen molar-refractivity contribution in [2.24, 2.45) is 0 Å². The van der Waals surface area contributed by atoms with Crippen molar-refractivity contribution in [1.29, 1.82) is 0 Å². The fourth-order valence-electron chi connectivity index (χ4n) is 2.47. The van der Waals surface area contributed by atoms with Gasteiger partial charge < -0.3 is 4.90 Å². The summed E-state index contributed by atoms with van der Waals surface area (Å²) in [6, 6.07) is 0. The van der Waals surface area contributed by atoms with Crippen molar-refractivity contribution < 1.29 is 0 Å². The van der Waals surface area contributed by atoms with Crippen LogP contribution >= 0.6 is 0 Å². The zero-order valence-corrected chi connectivity index (χ0v) is 12.4. The van der Waals surface area contributed by atoms with Crippen LogP contribution in [0.25, 0.3) is 0 Å². The van der Waals surface area contributed by atoms with Gasteiger partial charge in [-0.05, 0) is 31.9 Å². The summed E-state index contributed by atoms with van der Waals surface area (Å²) in [6.45, 7) is 8.47. The summed E-state index contributed by atoms with van der Waals surface area (Å²) >= 11 is 0. The molecule has 0 spiro atoms. The largest absolute Gasteiger partial charge is 0.301 e. The third kappa shape index (κ3) is 4.92. The molecule has 0 radical (unpaired) electrons. The van der Waals surface area contributed by atoms with Gasteiger partial charge in [0.1, 0.15) is 5.82 Å². The molecule has 0 aromatic carbocycles. The molecule has 0 saturated carbocycles. The minimum atomic E-state index is 0.790. The van der Waals surface area contributed by atoms with Crippen LogP contribution in [0.4, 0.5) is 0 Å². The van der Waals surface area contributed by atoms with Gasteiger partial charge in [0.2, 0.25) is 0 Å². The van der Waals surface area contributed by atoms with Gasteiger partial charge in [-0.15, -0.1) is 6.42 Å². The molecule has 1 aromatic rings. The summed E-state index contributed by atoms with van der Waals surface area (Å²) in [5, 5.41) is 0. The highest BCUT2D eigenvalue weighted by Gasteiger charge is 2.15. The quantitative estimate of drug-likeness (QED) is 0.578. The zero-order valence-electron chi connectivity index (χ0n) is 12.4. The molecule has 20 heavy (non-hydrogen) atoms. The second-order valence-corrected chi connectivity index (χ2v) is 5.46. The Morgan fingerprint density at radius 2 is 1.75 bits per heavy atom. The van der Waals surface area contributed by atoms with E-state index in [9.17, 15) is 0 Å². The van der Waals surface area contributed by atoms with Crippen LogP contribution in [0.5, 0.6) is 0 Å². The summed E-state index contributed by atoms with van der Waals surface area (Å²) in [6.07, 6.45) is 12.5. The second-order valence-electron chi connectivity index (χ2n) is 5.46. The summed E-state index contributed by atoms with van der Waals surface area (Å²) in [5.74, 6) is 3.69. The predicted molar refractivity (Wildman–Crippen MR) is 81.4 cm³/mol. The number of rotatable bonds is 6. The van der Waals surface area contributed by atoms with Crippen molar-refractivity contribution in [2.45, 2.75) is 26.2 Å². The highest BCUT2D eigenvalue weighted by Crippen LogP contribution is 2.05. The van der Waals surface area contributed by atoms with Crippen LogP contribution in [0.2, 0.25) is 0 Å². The van der Waals surface area contributed by atoms with Crippen LogP contribution in [0.3, 0.4) is 0 Å². The van der Waals surface area contributed by atoms with Gasteiger partial charge in [0.15, 0.2) is 0 Å². The number of aryl methyl sites for hydroxylation is 2. The highest BCUT2D eigenvalue weighted by molar-refractivity contribution is 5.01. The molecule has 1 saturated heterocycles. The highest BCUT2D eigenvalue weighted by atomic mass is 15.3. The maximum absolute atomic E-state index is 5.34. The van der Waals surface area contributed by atoms with Gasteiger partial charge in [-0.2, -0.15) is 0 Å². The van der Waals surface area contributed by atoms with Gasteiger partial charge in [-0.25, -0.2) is 9.97 Å². The van der Waals surface area contributed by atoms with E-state index in [2.05, 4.69) is 25.7 Å². The first-order valence-electron chi connectivity index (χ1n) is 7.43. The Labute approximate surface area is 122 Å². The van der Waals surface area contributed by atoms with Gasteiger partial charge in [0.05, 0.1) is 6.54 Å². The van der Waals surface area contributed by atoms with Crippen molar-refractivity contribution in [2.75, 3.05) is 39.3 Å². The molecule has 1 aromatic heterocycles. The maximum atomic E-state index is 5.34. The lowest BCUT2D eigenvalue weighted by molar-refractivity contribution is 0.142. The molecule has 4 heteroatoms. The number of nitrogens with zero attached hydrogens (tertiary/aromatic N) is 4. The van der Waals surface area contributed by atoms with E-state index in [0.29, 0.717) is 0 Å². The summed E-state index contributed by atoms with van der Waals surface area (Å²) < 4.78 is 0. The van der Waals surface area contributed by atoms with Crippen LogP contribution in [0.1, 0.15) is 24.2 Å². The van der Waals surface area contributed by atoms with Crippen molar-refractivity contribution in [3.8, 4) is 12.3 Å². The minimum Gasteiger partial charge on any atom is -0.301 e. The SMILES string of the molecule is C#CCN1CCN(CCCCc2ncc(C)cn2)CC1. The maximum Gasteiger partial charge on any atom is 0.128 e. The fraction of sp³-hybridized carbons (Fsp3) is 0.625. The number of hydrogen-bond acceptors (Lipinski definition) is 4. The molecule has 1 fully saturated rings. The van der Waals surface area contributed by atoms with Crippen LogP contribution in [-0.2, 0) is 6.42 Å². The second kappa shape index (κ2) is 7.98. The van der Waals surface area contributed by atoms with Crippen molar-refractivity contribution in [1.82, 2.24) is 19.8 Å². The lowest BCUT2D eigenvalue weighted by atomic mass is 10.2. The van der Waals surface area contributed by atoms with E-state index in [1.54, 1.807) is 0 Å². The van der Waals surface area contributed by atoms with E-state index in [1.165, 1.54) is 13.0 Å². The monoisotopic (exact) mass is 272 g/mol. The fourth-order valence-corrected chi connectivity index (χ4v) is 2.47. The zero-order chi connectivity index (χ0) is 14.2. The molecule has 2 rings (SSSR count). The Morgan fingerprint density at radius 1 is 1.10 bits per heavy atom. The van der Waals surface area contributed by atoms with E-state index in [-0.39, 0.29) is 0 Å². The average molecular weight is 272 g/mol. The third-order valence-electron chi connectivity index (χ3n) is 3.74. The molecular formula is C16H24N4. The molecule has 1 aliphatic rings. The first-order chi connectivity index (χ1) is 9.78. The standard InChI is InChI=1S/C16H24N4/c1-3-7-19-9-11-20(12-10-19)8-5-4-6-16-17-13-15(2)14-18-16/h1,13-14H,4-12H2,2H3. The normalized spacial score (nSPS) is 17.0. The van der Waals surface area contributed by atoms with Gasteiger partial charge >= 0.3 is 0 Å². The topological polar surface area (TPSA) is 32.3 Å². The molecule has 0 atom stereocenters. The number of hydrogen-bond donors (Lipinski definition) is 0. The number of terminal acetylenes is 1. The Kier molecular flexibility index (Phi) is 5.97. The molecule has 0 N–H and O–H groups in total. The molecule has 0 amide bonds. The summed E-state index contributed by atoms with van der Waals surface area (Å²) in [5.41, 5.74) is 1.12. The van der Waals surface area contributed by atoms with Gasteiger partial charge in [0, 0.05) is 45.0 Å². The van der Waals surface area contributed by atoms with Crippen molar-refractivity contribution in [3.05, 3.63) is 23.8 Å². The lowest BCUT2D eigenvalue weighted by Gasteiger charge is -2.33. The van der Waals surface area contributed by atoms with Crippen molar-refractivity contribution >= 4 is 0 Å². The van der Waals surface area contributed by atoms with E-state index in [1.807, 2.05) is 19.3 Å². The summed E-state index contributed by atoms with van der Waals surface area (Å²) in [7, 11) is 0. The van der Waals surface area contributed by atoms with Gasteiger partial charge in [0.25, 0.3) is 0 Å².